The Morgan fingerprint density at radius 3 is 2.29 bits per heavy atom. The molecule has 0 radical (unpaired) electrons. The van der Waals surface area contributed by atoms with E-state index in [-0.39, 0.29) is 22.8 Å². The number of para-hydroxylation sites is 2. The Balaban J connectivity index is 2.26. The molecule has 0 aromatic heterocycles. The van der Waals surface area contributed by atoms with Crippen molar-refractivity contribution in [3.05, 3.63) is 59.7 Å². The third-order valence-corrected chi connectivity index (χ3v) is 2.99. The zero-order valence-corrected chi connectivity index (χ0v) is 11.7. The number of benzene rings is 2. The molecule has 0 bridgehead atoms. The molecule has 21 heavy (non-hydrogen) atoms. The maximum absolute atomic E-state index is 12.1. The fourth-order valence-electron chi connectivity index (χ4n) is 1.95. The summed E-state index contributed by atoms with van der Waals surface area (Å²) in [4.78, 5) is 24.1. The van der Waals surface area contributed by atoms with Gasteiger partial charge in [-0.25, -0.2) is 4.79 Å². The highest BCUT2D eigenvalue weighted by atomic mass is 16.5. The van der Waals surface area contributed by atoms with Crippen LogP contribution in [0.1, 0.15) is 40.5 Å². The lowest BCUT2D eigenvalue weighted by Gasteiger charge is -2.09. The summed E-state index contributed by atoms with van der Waals surface area (Å²) in [6.45, 7) is 1.91. The maximum Gasteiger partial charge on any atom is 0.347 e. The lowest BCUT2D eigenvalue weighted by Crippen LogP contribution is -2.11. The Bertz CT molecular complexity index is 661. The summed E-state index contributed by atoms with van der Waals surface area (Å²) < 4.78 is 5.26. The molecule has 0 atom stereocenters. The van der Waals surface area contributed by atoms with Crippen molar-refractivity contribution in [1.82, 2.24) is 0 Å². The number of ether oxygens (including phenoxy) is 1. The van der Waals surface area contributed by atoms with Crippen LogP contribution in [0, 0.1) is 0 Å². The molecule has 0 fully saturated rings. The van der Waals surface area contributed by atoms with Gasteiger partial charge >= 0.3 is 5.97 Å². The summed E-state index contributed by atoms with van der Waals surface area (Å²) in [5, 5.41) is 9.65. The van der Waals surface area contributed by atoms with Crippen LogP contribution < -0.4 is 4.74 Å². The average Bonchev–Trinajstić information content (AvgIpc) is 2.48. The normalized spacial score (nSPS) is 10.1. The van der Waals surface area contributed by atoms with Crippen LogP contribution in [-0.4, -0.2) is 16.9 Å². The third kappa shape index (κ3) is 3.48. The van der Waals surface area contributed by atoms with Gasteiger partial charge in [-0.15, -0.1) is 0 Å². The Morgan fingerprint density at radius 2 is 1.62 bits per heavy atom. The minimum Gasteiger partial charge on any atom is -0.507 e. The Hall–Kier alpha value is -2.62. The fourth-order valence-corrected chi connectivity index (χ4v) is 1.95. The number of phenolic OH excluding ortho intramolecular Hbond substituents is 1. The number of carbonyl (C=O) groups is 2. The van der Waals surface area contributed by atoms with Gasteiger partial charge in [0.25, 0.3) is 0 Å². The first-order chi connectivity index (χ1) is 10.1. The first-order valence-electron chi connectivity index (χ1n) is 6.76. The molecule has 0 heterocycles. The van der Waals surface area contributed by atoms with E-state index in [0.29, 0.717) is 12.0 Å². The van der Waals surface area contributed by atoms with Crippen molar-refractivity contribution >= 4 is 11.8 Å². The maximum atomic E-state index is 12.1. The largest absolute Gasteiger partial charge is 0.507 e. The van der Waals surface area contributed by atoms with Crippen molar-refractivity contribution in [2.75, 3.05) is 0 Å². The monoisotopic (exact) mass is 284 g/mol. The van der Waals surface area contributed by atoms with Crippen molar-refractivity contribution in [1.29, 1.82) is 0 Å². The Morgan fingerprint density at radius 1 is 1.00 bits per heavy atom. The standard InChI is InChI=1S/C17H16O4/c1-2-7-14(18)12-8-4-6-11-16(12)21-17(20)13-9-3-5-10-15(13)19/h3-6,8-11,19H,2,7H2,1H3. The van der Waals surface area contributed by atoms with Crippen molar-refractivity contribution < 1.29 is 19.4 Å². The van der Waals surface area contributed by atoms with Crippen LogP contribution in [0.2, 0.25) is 0 Å². The topological polar surface area (TPSA) is 63.6 Å². The SMILES string of the molecule is CCCC(=O)c1ccccc1OC(=O)c1ccccc1O. The number of ketones is 1. The van der Waals surface area contributed by atoms with E-state index in [1.807, 2.05) is 6.92 Å². The highest BCUT2D eigenvalue weighted by molar-refractivity contribution is 6.00. The molecule has 4 heteroatoms. The summed E-state index contributed by atoms with van der Waals surface area (Å²) in [6.07, 6.45) is 1.12. The van der Waals surface area contributed by atoms with Crippen molar-refractivity contribution in [3.63, 3.8) is 0 Å². The predicted molar refractivity (Wildman–Crippen MR) is 78.7 cm³/mol. The molecule has 108 valence electrons. The van der Waals surface area contributed by atoms with Crippen LogP contribution >= 0.6 is 0 Å². The van der Waals surface area contributed by atoms with Gasteiger partial charge in [0.15, 0.2) is 5.78 Å². The molecule has 1 N–H and O–H groups in total. The van der Waals surface area contributed by atoms with E-state index < -0.39 is 5.97 Å². The van der Waals surface area contributed by atoms with Crippen LogP contribution in [0.15, 0.2) is 48.5 Å². The van der Waals surface area contributed by atoms with Crippen LogP contribution in [0.5, 0.6) is 11.5 Å². The molecule has 0 saturated heterocycles. The summed E-state index contributed by atoms with van der Waals surface area (Å²) in [5.74, 6) is -0.702. The third-order valence-electron chi connectivity index (χ3n) is 2.99. The van der Waals surface area contributed by atoms with Crippen molar-refractivity contribution in [3.8, 4) is 11.5 Å². The lowest BCUT2D eigenvalue weighted by molar-refractivity contribution is 0.0729. The molecule has 0 amide bonds. The van der Waals surface area contributed by atoms with Crippen LogP contribution in [0.3, 0.4) is 0 Å². The molecule has 2 aromatic carbocycles. The molecule has 0 unspecified atom stereocenters. The molecule has 0 aliphatic heterocycles. The molecule has 0 spiro atoms. The molecular weight excluding hydrogens is 268 g/mol. The number of carbonyl (C=O) groups excluding carboxylic acids is 2. The quantitative estimate of drug-likeness (QED) is 0.517. The molecule has 2 rings (SSSR count). The van der Waals surface area contributed by atoms with E-state index in [2.05, 4.69) is 0 Å². The number of rotatable bonds is 5. The van der Waals surface area contributed by atoms with Gasteiger partial charge in [0, 0.05) is 6.42 Å². The summed E-state index contributed by atoms with van der Waals surface area (Å²) >= 11 is 0. The van der Waals surface area contributed by atoms with Gasteiger partial charge in [0.2, 0.25) is 0 Å². The number of aromatic hydroxyl groups is 1. The fraction of sp³-hybridized carbons (Fsp3) is 0.176. The second-order valence-electron chi connectivity index (χ2n) is 4.58. The predicted octanol–water partition coefficient (Wildman–Crippen LogP) is 3.59. The number of phenols is 1. The van der Waals surface area contributed by atoms with E-state index in [4.69, 9.17) is 4.74 Å². The van der Waals surface area contributed by atoms with Gasteiger partial charge in [-0.3, -0.25) is 4.79 Å². The minimum absolute atomic E-state index is 0.0650. The van der Waals surface area contributed by atoms with Gasteiger partial charge in [0.05, 0.1) is 5.56 Å². The van der Waals surface area contributed by atoms with Gasteiger partial charge in [-0.1, -0.05) is 31.2 Å². The van der Waals surface area contributed by atoms with E-state index in [1.165, 1.54) is 12.1 Å². The van der Waals surface area contributed by atoms with Crippen molar-refractivity contribution in [2.45, 2.75) is 19.8 Å². The lowest BCUT2D eigenvalue weighted by atomic mass is 10.1. The molecular formula is C17H16O4. The second kappa shape index (κ2) is 6.70. The molecule has 0 aliphatic rings. The average molecular weight is 284 g/mol. The van der Waals surface area contributed by atoms with Gasteiger partial charge in [-0.05, 0) is 30.7 Å². The van der Waals surface area contributed by atoms with Crippen LogP contribution in [0.25, 0.3) is 0 Å². The molecule has 2 aromatic rings. The minimum atomic E-state index is -0.690. The van der Waals surface area contributed by atoms with Gasteiger partial charge in [0.1, 0.15) is 17.1 Å². The molecule has 0 aliphatic carbocycles. The van der Waals surface area contributed by atoms with Crippen LogP contribution in [0.4, 0.5) is 0 Å². The second-order valence-corrected chi connectivity index (χ2v) is 4.58. The molecule has 4 nitrogen and oxygen atoms in total. The summed E-state index contributed by atoms with van der Waals surface area (Å²) in [5.41, 5.74) is 0.443. The number of esters is 1. The van der Waals surface area contributed by atoms with Gasteiger partial charge < -0.3 is 9.84 Å². The number of hydrogen-bond donors (Lipinski definition) is 1. The molecule has 0 saturated carbocycles. The van der Waals surface area contributed by atoms with Crippen molar-refractivity contribution in [2.24, 2.45) is 0 Å². The van der Waals surface area contributed by atoms with E-state index in [0.717, 1.165) is 6.42 Å². The summed E-state index contributed by atoms with van der Waals surface area (Å²) in [6, 6.07) is 12.7. The van der Waals surface area contributed by atoms with Crippen LogP contribution in [-0.2, 0) is 0 Å². The van der Waals surface area contributed by atoms with E-state index in [1.54, 1.807) is 36.4 Å². The Kier molecular flexibility index (Phi) is 4.72. The highest BCUT2D eigenvalue weighted by Gasteiger charge is 2.17. The smallest absolute Gasteiger partial charge is 0.347 e. The highest BCUT2D eigenvalue weighted by Crippen LogP contribution is 2.23. The zero-order valence-electron chi connectivity index (χ0n) is 11.7. The first kappa shape index (κ1) is 14.8. The summed E-state index contributed by atoms with van der Waals surface area (Å²) in [7, 11) is 0. The zero-order chi connectivity index (χ0) is 15.2. The first-order valence-corrected chi connectivity index (χ1v) is 6.76. The van der Waals surface area contributed by atoms with E-state index in [9.17, 15) is 14.7 Å². The number of hydrogen-bond acceptors (Lipinski definition) is 4. The van der Waals surface area contributed by atoms with E-state index >= 15 is 0 Å². The number of Topliss-reactive ketones (excluding diaryl/α,β-unsaturated/α-hetero) is 1. The Labute approximate surface area is 123 Å². The van der Waals surface area contributed by atoms with Gasteiger partial charge in [-0.2, -0.15) is 0 Å².